The standard InChI is InChI=1S/C19H23ClN4O2/c1-21-18(24(2)13-15-5-4-6-16(20)11-15)22-12-14-7-9-17(10-8-14)23-19(25)26-3/h4-11H,12-13H2,1-3H3,(H,21,22)(H,23,25). The van der Waals surface area contributed by atoms with Gasteiger partial charge in [-0.3, -0.25) is 10.3 Å². The Morgan fingerprint density at radius 1 is 1.19 bits per heavy atom. The van der Waals surface area contributed by atoms with Crippen LogP contribution in [-0.4, -0.2) is 38.2 Å². The van der Waals surface area contributed by atoms with Gasteiger partial charge in [-0.2, -0.15) is 0 Å². The third-order valence-electron chi connectivity index (χ3n) is 3.72. The smallest absolute Gasteiger partial charge is 0.411 e. The first-order valence-electron chi connectivity index (χ1n) is 8.12. The summed E-state index contributed by atoms with van der Waals surface area (Å²) in [6.45, 7) is 1.31. The molecule has 0 bridgehead atoms. The van der Waals surface area contributed by atoms with Crippen LogP contribution in [0.25, 0.3) is 0 Å². The zero-order valence-corrected chi connectivity index (χ0v) is 15.9. The number of nitrogens with zero attached hydrogens (tertiary/aromatic N) is 2. The maximum Gasteiger partial charge on any atom is 0.411 e. The minimum absolute atomic E-state index is 0.487. The lowest BCUT2D eigenvalue weighted by molar-refractivity contribution is 0.187. The third kappa shape index (κ3) is 5.97. The van der Waals surface area contributed by atoms with Crippen molar-refractivity contribution in [3.63, 3.8) is 0 Å². The summed E-state index contributed by atoms with van der Waals surface area (Å²) in [5.41, 5.74) is 2.86. The first-order valence-corrected chi connectivity index (χ1v) is 8.49. The summed E-state index contributed by atoms with van der Waals surface area (Å²) in [5, 5.41) is 6.67. The number of methoxy groups -OCH3 is 1. The molecule has 2 aromatic rings. The van der Waals surface area contributed by atoms with Gasteiger partial charge in [0.05, 0.1) is 7.11 Å². The molecule has 0 unspecified atom stereocenters. The van der Waals surface area contributed by atoms with Crippen LogP contribution in [0.3, 0.4) is 0 Å². The van der Waals surface area contributed by atoms with E-state index in [0.29, 0.717) is 18.8 Å². The van der Waals surface area contributed by atoms with Gasteiger partial charge >= 0.3 is 6.09 Å². The summed E-state index contributed by atoms with van der Waals surface area (Å²) < 4.78 is 4.57. The lowest BCUT2D eigenvalue weighted by Crippen LogP contribution is -2.38. The van der Waals surface area contributed by atoms with Crippen molar-refractivity contribution in [3.05, 3.63) is 64.7 Å². The van der Waals surface area contributed by atoms with Crippen LogP contribution in [-0.2, 0) is 17.8 Å². The first-order chi connectivity index (χ1) is 12.5. The van der Waals surface area contributed by atoms with Crippen molar-refractivity contribution >= 4 is 29.3 Å². The molecule has 138 valence electrons. The lowest BCUT2D eigenvalue weighted by atomic mass is 10.2. The van der Waals surface area contributed by atoms with E-state index >= 15 is 0 Å². The van der Waals surface area contributed by atoms with Crippen molar-refractivity contribution in [2.45, 2.75) is 13.1 Å². The molecule has 0 aliphatic rings. The highest BCUT2D eigenvalue weighted by Gasteiger charge is 2.07. The maximum atomic E-state index is 11.2. The number of guanidine groups is 1. The van der Waals surface area contributed by atoms with Crippen LogP contribution >= 0.6 is 11.6 Å². The molecular weight excluding hydrogens is 352 g/mol. The molecule has 0 fully saturated rings. The Bertz CT molecular complexity index is 762. The van der Waals surface area contributed by atoms with Crippen LogP contribution in [0, 0.1) is 0 Å². The monoisotopic (exact) mass is 374 g/mol. The number of hydrogen-bond acceptors (Lipinski definition) is 3. The van der Waals surface area contributed by atoms with Gasteiger partial charge in [-0.1, -0.05) is 35.9 Å². The molecule has 7 heteroatoms. The second-order valence-electron chi connectivity index (χ2n) is 5.70. The third-order valence-corrected chi connectivity index (χ3v) is 3.95. The zero-order chi connectivity index (χ0) is 18.9. The number of ether oxygens (including phenoxy) is 1. The Labute approximate surface area is 158 Å². The van der Waals surface area contributed by atoms with Gasteiger partial charge < -0.3 is 15.0 Å². The van der Waals surface area contributed by atoms with E-state index in [-0.39, 0.29) is 0 Å². The minimum atomic E-state index is -0.487. The Balaban J connectivity index is 1.90. The molecule has 0 atom stereocenters. The summed E-state index contributed by atoms with van der Waals surface area (Å²) in [6, 6.07) is 15.3. The molecule has 0 saturated carbocycles. The van der Waals surface area contributed by atoms with Gasteiger partial charge in [0.2, 0.25) is 0 Å². The van der Waals surface area contributed by atoms with Gasteiger partial charge in [-0.25, -0.2) is 4.79 Å². The summed E-state index contributed by atoms with van der Waals surface area (Å²) in [4.78, 5) is 17.5. The van der Waals surface area contributed by atoms with E-state index in [2.05, 4.69) is 20.4 Å². The van der Waals surface area contributed by atoms with Crippen LogP contribution in [0.5, 0.6) is 0 Å². The number of halogens is 1. The zero-order valence-electron chi connectivity index (χ0n) is 15.1. The highest BCUT2D eigenvalue weighted by Crippen LogP contribution is 2.13. The average molecular weight is 375 g/mol. The van der Waals surface area contributed by atoms with Gasteiger partial charge in [0.25, 0.3) is 0 Å². The average Bonchev–Trinajstić information content (AvgIpc) is 2.63. The molecule has 26 heavy (non-hydrogen) atoms. The fourth-order valence-electron chi connectivity index (χ4n) is 2.42. The van der Waals surface area contributed by atoms with Crippen LogP contribution in [0.15, 0.2) is 53.5 Å². The first kappa shape index (κ1) is 19.6. The van der Waals surface area contributed by atoms with E-state index in [1.54, 1.807) is 7.05 Å². The molecule has 2 aromatic carbocycles. The van der Waals surface area contributed by atoms with Crippen molar-refractivity contribution in [2.24, 2.45) is 4.99 Å². The van der Waals surface area contributed by atoms with Gasteiger partial charge in [0.1, 0.15) is 0 Å². The fourth-order valence-corrected chi connectivity index (χ4v) is 2.64. The second kappa shape index (κ2) is 9.68. The van der Waals surface area contributed by atoms with Crippen molar-refractivity contribution in [3.8, 4) is 0 Å². The Morgan fingerprint density at radius 3 is 2.54 bits per heavy atom. The number of hydrogen-bond donors (Lipinski definition) is 2. The number of carbonyl (C=O) groups is 1. The van der Waals surface area contributed by atoms with Crippen LogP contribution in [0.4, 0.5) is 10.5 Å². The van der Waals surface area contributed by atoms with Gasteiger partial charge in [0.15, 0.2) is 5.96 Å². The molecule has 0 heterocycles. The minimum Gasteiger partial charge on any atom is -0.453 e. The van der Waals surface area contributed by atoms with Crippen LogP contribution in [0.2, 0.25) is 5.02 Å². The molecule has 0 spiro atoms. The lowest BCUT2D eigenvalue weighted by Gasteiger charge is -2.22. The molecule has 0 saturated heterocycles. The molecule has 2 rings (SSSR count). The molecule has 0 aliphatic heterocycles. The molecule has 6 nitrogen and oxygen atoms in total. The number of benzene rings is 2. The molecule has 2 N–H and O–H groups in total. The summed E-state index contributed by atoms with van der Waals surface area (Å²) in [5.74, 6) is 0.779. The molecule has 0 aromatic heterocycles. The van der Waals surface area contributed by atoms with Crippen LogP contribution in [0.1, 0.15) is 11.1 Å². The molecule has 0 aliphatic carbocycles. The van der Waals surface area contributed by atoms with E-state index < -0.39 is 6.09 Å². The normalized spacial score (nSPS) is 11.0. The van der Waals surface area contributed by atoms with Crippen molar-refractivity contribution < 1.29 is 9.53 Å². The van der Waals surface area contributed by atoms with Crippen molar-refractivity contribution in [2.75, 3.05) is 26.5 Å². The molecular formula is C19H23ClN4O2. The number of amides is 1. The SMILES string of the molecule is CN=C(NCc1ccc(NC(=O)OC)cc1)N(C)Cc1cccc(Cl)c1. The summed E-state index contributed by atoms with van der Waals surface area (Å²) in [7, 11) is 5.05. The summed E-state index contributed by atoms with van der Waals surface area (Å²) >= 11 is 6.04. The quantitative estimate of drug-likeness (QED) is 0.618. The number of carbonyl (C=O) groups excluding carboxylic acids is 1. The Kier molecular flexibility index (Phi) is 7.29. The highest BCUT2D eigenvalue weighted by atomic mass is 35.5. The van der Waals surface area contributed by atoms with E-state index in [0.717, 1.165) is 22.1 Å². The predicted octanol–water partition coefficient (Wildman–Crippen LogP) is 3.73. The van der Waals surface area contributed by atoms with E-state index in [4.69, 9.17) is 11.6 Å². The number of nitrogens with one attached hydrogen (secondary N) is 2. The molecule has 0 radical (unpaired) electrons. The van der Waals surface area contributed by atoms with Crippen molar-refractivity contribution in [1.29, 1.82) is 0 Å². The second-order valence-corrected chi connectivity index (χ2v) is 6.14. The van der Waals surface area contributed by atoms with Gasteiger partial charge in [-0.15, -0.1) is 0 Å². The topological polar surface area (TPSA) is 66.0 Å². The van der Waals surface area contributed by atoms with E-state index in [1.807, 2.05) is 60.5 Å². The highest BCUT2D eigenvalue weighted by molar-refractivity contribution is 6.30. The number of aliphatic imine (C=N–C) groups is 1. The number of anilines is 1. The summed E-state index contributed by atoms with van der Waals surface area (Å²) in [6.07, 6.45) is -0.487. The van der Waals surface area contributed by atoms with Crippen molar-refractivity contribution in [1.82, 2.24) is 10.2 Å². The van der Waals surface area contributed by atoms with Gasteiger partial charge in [-0.05, 0) is 35.4 Å². The number of rotatable bonds is 5. The predicted molar refractivity (Wildman–Crippen MR) is 106 cm³/mol. The Morgan fingerprint density at radius 2 is 1.92 bits per heavy atom. The van der Waals surface area contributed by atoms with E-state index in [9.17, 15) is 4.79 Å². The Hall–Kier alpha value is -2.73. The fraction of sp³-hybridized carbons (Fsp3) is 0.263. The largest absolute Gasteiger partial charge is 0.453 e. The van der Waals surface area contributed by atoms with Gasteiger partial charge in [0, 0.05) is 37.9 Å². The van der Waals surface area contributed by atoms with Crippen LogP contribution < -0.4 is 10.6 Å². The van der Waals surface area contributed by atoms with E-state index in [1.165, 1.54) is 7.11 Å². The maximum absolute atomic E-state index is 11.2. The molecule has 1 amide bonds.